The van der Waals surface area contributed by atoms with Gasteiger partial charge in [0.05, 0.1) is 115 Å². The zero-order valence-corrected chi connectivity index (χ0v) is 69.0. The van der Waals surface area contributed by atoms with Gasteiger partial charge in [0.2, 0.25) is 23.5 Å². The second kappa shape index (κ2) is 53.2. The maximum absolute atomic E-state index is 13.9. The first-order valence-corrected chi connectivity index (χ1v) is 42.1. The van der Waals surface area contributed by atoms with Gasteiger partial charge in [-0.25, -0.2) is 10.6 Å². The number of nitrogens with one attached hydrogen (secondary N) is 6. The molecule has 0 unspecified atom stereocenters. The van der Waals surface area contributed by atoms with Crippen molar-refractivity contribution in [1.82, 2.24) is 32.0 Å². The summed E-state index contributed by atoms with van der Waals surface area (Å²) in [5.41, 5.74) is 6.56. The number of aliphatic hydroxyl groups is 6. The molecule has 34 nitrogen and oxygen atoms in total. The van der Waals surface area contributed by atoms with E-state index in [1.165, 1.54) is 48.6 Å². The molecule has 120 heavy (non-hydrogen) atoms. The van der Waals surface area contributed by atoms with Crippen LogP contribution in [0.5, 0.6) is 5.75 Å². The van der Waals surface area contributed by atoms with E-state index in [0.29, 0.717) is 94.6 Å². The highest BCUT2D eigenvalue weighted by molar-refractivity contribution is 7.99. The molecule has 0 saturated carbocycles. The zero-order chi connectivity index (χ0) is 86.7. The van der Waals surface area contributed by atoms with Crippen LogP contribution in [0.25, 0.3) is 22.3 Å². The Morgan fingerprint density at radius 3 is 1.45 bits per heavy atom. The molecule has 2 aliphatic heterocycles. The lowest BCUT2D eigenvalue weighted by Gasteiger charge is -2.46. The fourth-order valence-electron chi connectivity index (χ4n) is 12.8. The Kier molecular flexibility index (Phi) is 43.6. The van der Waals surface area contributed by atoms with Crippen LogP contribution >= 0.6 is 23.5 Å². The van der Waals surface area contributed by atoms with E-state index >= 15 is 0 Å². The fraction of sp³-hybridized carbons (Fsp3) is 0.524. The summed E-state index contributed by atoms with van der Waals surface area (Å²) in [5.74, 6) is -2.87. The summed E-state index contributed by atoms with van der Waals surface area (Å²) in [6.45, 7) is 4.10. The number of ether oxygens (including phenoxy) is 10. The van der Waals surface area contributed by atoms with Gasteiger partial charge in [0.15, 0.2) is 12.1 Å². The average molecular weight is 1720 g/mol. The van der Waals surface area contributed by atoms with E-state index in [1.54, 1.807) is 48.5 Å². The van der Waals surface area contributed by atoms with E-state index in [4.69, 9.17) is 53.2 Å². The summed E-state index contributed by atoms with van der Waals surface area (Å²) < 4.78 is 57.7. The number of carboxylic acids is 1. The number of benzene rings is 5. The molecule has 5 aromatic rings. The third kappa shape index (κ3) is 33.2. The van der Waals surface area contributed by atoms with E-state index in [9.17, 15) is 83.7 Å². The molecule has 6 amide bonds. The standard InChI is InChI=1S/C84H113N7O27S2/c1-55(93)89-73-67(97)50-83(54-92,117-77(73)75(102)69(99)52-87-79(104)61-23-19-59(20-24-61)57-13-5-3-6-14-57)115-33-11-47-120-48-31-86-81(106)63-27-29-65(71(49-63)114-44-43-113-42-41-112-40-39-111-38-37-110-36-35-109-32-9-17-64(95)28-30-72(101)91-85)66(96)18-10-45-119-46-12-34-116-84(82(107)108)51-68(98)74(90-56(2)94)78(118-84)76(103)70(100)53-88-80(105)62-25-21-60(22-26-62)58-15-7-4-8-16-58/h3-8,13-16,19-27,29,49,54,67-70,73-78,97-100,102-103H,9-12,17-18,28,30-48,50-53,85H2,1-2H3,(H,86,106)(H,87,104)(H,88,105)(H,89,93)(H,90,94)(H,91,101)(H,107,108)/t67-,68-,69+,70+,73+,74+,75+,76+,77+,78+,83+,84+/m0/s1. The molecule has 658 valence electrons. The first-order chi connectivity index (χ1) is 57.9. The number of carbonyl (C=O) groups excluding carboxylic acids is 9. The number of carboxylic acid groups (broad SMARTS) is 1. The van der Waals surface area contributed by atoms with Crippen molar-refractivity contribution < 1.29 is 131 Å². The smallest absolute Gasteiger partial charge is 0.364 e. The molecule has 0 radical (unpaired) electrons. The number of aliphatic carboxylic acids is 1. The van der Waals surface area contributed by atoms with Gasteiger partial charge >= 0.3 is 5.97 Å². The predicted molar refractivity (Wildman–Crippen MR) is 441 cm³/mol. The van der Waals surface area contributed by atoms with E-state index in [2.05, 4.69) is 26.6 Å². The Morgan fingerprint density at radius 1 is 0.500 bits per heavy atom. The summed E-state index contributed by atoms with van der Waals surface area (Å²) >= 11 is 2.89. The predicted octanol–water partition coefficient (Wildman–Crippen LogP) is 2.86. The first-order valence-electron chi connectivity index (χ1n) is 39.8. The average Bonchev–Trinajstić information content (AvgIpc) is 0.788. The third-order valence-corrected chi connectivity index (χ3v) is 21.4. The summed E-state index contributed by atoms with van der Waals surface area (Å²) in [6.07, 6.45) is -12.4. The van der Waals surface area contributed by atoms with Crippen LogP contribution in [0.2, 0.25) is 0 Å². The highest BCUT2D eigenvalue weighted by Crippen LogP contribution is 2.36. The van der Waals surface area contributed by atoms with Crippen LogP contribution < -0.4 is 42.6 Å². The summed E-state index contributed by atoms with van der Waals surface area (Å²) in [7, 11) is 0. The Labute approximate surface area is 705 Å². The number of Topliss-reactive ketones (excluding diaryl/α,β-unsaturated/α-hetero) is 2. The molecule has 2 fully saturated rings. The molecular weight excluding hydrogens is 1600 g/mol. The van der Waals surface area contributed by atoms with Crippen LogP contribution in [-0.2, 0) is 71.4 Å². The normalized spacial score (nSPS) is 19.9. The molecule has 7 rings (SSSR count). The molecule has 0 aliphatic carbocycles. The van der Waals surface area contributed by atoms with Crippen molar-refractivity contribution in [3.8, 4) is 28.0 Å². The number of hydrogen-bond donors (Lipinski definition) is 14. The number of amides is 6. The Balaban J connectivity index is 0.847. The minimum absolute atomic E-state index is 0.00987. The number of nitrogens with two attached hydrogens (primary N) is 1. The van der Waals surface area contributed by atoms with Crippen LogP contribution in [-0.4, -0.2) is 296 Å². The number of aliphatic hydroxyl groups excluding tert-OH is 6. The van der Waals surface area contributed by atoms with Gasteiger partial charge in [-0.05, 0) is 108 Å². The van der Waals surface area contributed by atoms with Crippen molar-refractivity contribution >= 4 is 82.8 Å². The molecule has 2 aliphatic rings. The number of aldehydes is 1. The second-order valence-electron chi connectivity index (χ2n) is 28.3. The lowest BCUT2D eigenvalue weighted by molar-refractivity contribution is -0.310. The minimum atomic E-state index is -2.53. The Bertz CT molecular complexity index is 4000. The lowest BCUT2D eigenvalue weighted by atomic mass is 9.88. The van der Waals surface area contributed by atoms with E-state index in [-0.39, 0.29) is 118 Å². The number of ketones is 2. The van der Waals surface area contributed by atoms with Crippen molar-refractivity contribution in [2.24, 2.45) is 5.84 Å². The topological polar surface area (TPSA) is 503 Å². The fourth-order valence-corrected chi connectivity index (χ4v) is 14.5. The van der Waals surface area contributed by atoms with Crippen LogP contribution in [0.3, 0.4) is 0 Å². The van der Waals surface area contributed by atoms with E-state index < -0.39 is 140 Å². The summed E-state index contributed by atoms with van der Waals surface area (Å²) in [4.78, 5) is 127. The monoisotopic (exact) mass is 1720 g/mol. The lowest BCUT2D eigenvalue weighted by Crippen LogP contribution is -2.68. The maximum Gasteiger partial charge on any atom is 0.364 e. The highest BCUT2D eigenvalue weighted by Gasteiger charge is 2.56. The van der Waals surface area contributed by atoms with Gasteiger partial charge in [-0.1, -0.05) is 84.9 Å². The molecule has 12 atom stereocenters. The molecule has 0 bridgehead atoms. The third-order valence-electron chi connectivity index (χ3n) is 19.2. The summed E-state index contributed by atoms with van der Waals surface area (Å²) in [5, 5.41) is 91.2. The quantitative estimate of drug-likeness (QED) is 0.00664. The van der Waals surface area contributed by atoms with E-state index in [0.717, 1.165) is 29.2 Å². The van der Waals surface area contributed by atoms with Crippen molar-refractivity contribution in [2.75, 3.05) is 129 Å². The van der Waals surface area contributed by atoms with Gasteiger partial charge in [-0.2, -0.15) is 23.5 Å². The Hall–Kier alpha value is -8.74. The number of thioether (sulfide) groups is 2. The van der Waals surface area contributed by atoms with Gasteiger partial charge < -0.3 is 110 Å². The van der Waals surface area contributed by atoms with Crippen LogP contribution in [0, 0.1) is 0 Å². The minimum Gasteiger partial charge on any atom is -0.490 e. The van der Waals surface area contributed by atoms with Gasteiger partial charge in [0.1, 0.15) is 42.6 Å². The number of carbonyl (C=O) groups is 10. The summed E-state index contributed by atoms with van der Waals surface area (Å²) in [6, 6.07) is 34.2. The van der Waals surface area contributed by atoms with E-state index in [1.807, 2.05) is 66.1 Å². The van der Waals surface area contributed by atoms with Gasteiger partial charge in [-0.3, -0.25) is 48.6 Å². The Morgan fingerprint density at radius 2 is 0.950 bits per heavy atom. The highest BCUT2D eigenvalue weighted by atomic mass is 32.2. The first kappa shape index (κ1) is 98.4. The zero-order valence-electron chi connectivity index (χ0n) is 67.4. The molecule has 2 heterocycles. The van der Waals surface area contributed by atoms with Gasteiger partial charge in [-0.15, -0.1) is 0 Å². The van der Waals surface area contributed by atoms with Crippen molar-refractivity contribution in [3.05, 3.63) is 150 Å². The molecule has 2 saturated heterocycles. The molecule has 36 heteroatoms. The van der Waals surface area contributed by atoms with Gasteiger partial charge in [0.25, 0.3) is 23.5 Å². The SMILES string of the molecule is CC(=O)N[C@H]1[C@H]([C@H](O)[C@H](O)CNC(=O)c2ccc(-c3ccccc3)cc2)O[C@](C=O)(OCCCSCCNC(=O)c2ccc(C(=O)CCCSCCCO[C@]3(C(=O)O)C[C@H](O)[C@@H](NC(C)=O)[C@H]([C@H](O)[C@H](O)CNC(=O)c4ccc(-c5ccccc5)cc4)O3)c(OCCOCCOCCOCCOCCOCCCC(=O)CCC(=O)NN)c2)C[C@@H]1O. The van der Waals surface area contributed by atoms with Crippen LogP contribution in [0.4, 0.5) is 0 Å². The van der Waals surface area contributed by atoms with Crippen LogP contribution in [0.15, 0.2) is 127 Å². The number of hydrogen-bond acceptors (Lipinski definition) is 29. The van der Waals surface area contributed by atoms with Gasteiger partial charge in [0, 0.05) is 101 Å². The molecule has 0 aromatic heterocycles. The molecular formula is C84H113N7O27S2. The second-order valence-corrected chi connectivity index (χ2v) is 30.8. The van der Waals surface area contributed by atoms with Crippen molar-refractivity contribution in [2.45, 2.75) is 151 Å². The number of rotatable bonds is 58. The maximum atomic E-state index is 13.9. The van der Waals surface area contributed by atoms with Crippen molar-refractivity contribution in [1.29, 1.82) is 0 Å². The van der Waals surface area contributed by atoms with Crippen LogP contribution in [0.1, 0.15) is 119 Å². The molecule has 0 spiro atoms. The largest absolute Gasteiger partial charge is 0.490 e. The number of hydrazine groups is 1. The molecule has 15 N–H and O–H groups in total. The van der Waals surface area contributed by atoms with Crippen molar-refractivity contribution in [3.63, 3.8) is 0 Å². The molecule has 5 aromatic carbocycles.